The van der Waals surface area contributed by atoms with Gasteiger partial charge in [-0.05, 0) is 24.6 Å². The van der Waals surface area contributed by atoms with Gasteiger partial charge in [0.15, 0.2) is 5.58 Å². The highest BCUT2D eigenvalue weighted by atomic mass is 16.4. The van der Waals surface area contributed by atoms with Crippen molar-refractivity contribution in [2.75, 3.05) is 36.0 Å². The number of fused-ring (bicyclic) bond motifs is 2. The van der Waals surface area contributed by atoms with Crippen LogP contribution in [0, 0.1) is 0 Å². The number of anilines is 2. The van der Waals surface area contributed by atoms with Crippen LogP contribution in [-0.2, 0) is 6.42 Å². The summed E-state index contributed by atoms with van der Waals surface area (Å²) in [5.41, 5.74) is 4.66. The molecule has 8 heteroatoms. The molecule has 0 atom stereocenters. The van der Waals surface area contributed by atoms with E-state index in [-0.39, 0.29) is 0 Å². The third kappa shape index (κ3) is 2.45. The summed E-state index contributed by atoms with van der Waals surface area (Å²) < 4.78 is 7.67. The molecule has 26 heavy (non-hydrogen) atoms. The van der Waals surface area contributed by atoms with Gasteiger partial charge in [0.2, 0.25) is 5.65 Å². The molecule has 8 nitrogen and oxygen atoms in total. The van der Waals surface area contributed by atoms with Crippen molar-refractivity contribution in [2.45, 2.75) is 13.3 Å². The van der Waals surface area contributed by atoms with Gasteiger partial charge < -0.3 is 14.2 Å². The Kier molecular flexibility index (Phi) is 3.48. The van der Waals surface area contributed by atoms with Crippen LogP contribution in [0.3, 0.4) is 0 Å². The maximum absolute atomic E-state index is 5.90. The highest BCUT2D eigenvalue weighted by molar-refractivity contribution is 5.74. The molecule has 1 fully saturated rings. The van der Waals surface area contributed by atoms with Crippen molar-refractivity contribution in [3.63, 3.8) is 0 Å². The van der Waals surface area contributed by atoms with E-state index in [0.717, 1.165) is 60.7 Å². The average Bonchev–Trinajstić information content (AvgIpc) is 3.34. The van der Waals surface area contributed by atoms with Crippen LogP contribution in [-0.4, -0.2) is 51.0 Å². The minimum absolute atomic E-state index is 0.697. The minimum atomic E-state index is 0.697. The zero-order valence-corrected chi connectivity index (χ0v) is 14.5. The summed E-state index contributed by atoms with van der Waals surface area (Å²) in [6, 6.07) is 10.7. The van der Waals surface area contributed by atoms with Crippen molar-refractivity contribution in [2.24, 2.45) is 0 Å². The molecule has 0 bridgehead atoms. The van der Waals surface area contributed by atoms with E-state index in [1.54, 1.807) is 10.8 Å². The molecule has 132 valence electrons. The fraction of sp³-hybridized carbons (Fsp3) is 0.333. The first-order chi connectivity index (χ1) is 12.8. The van der Waals surface area contributed by atoms with Crippen molar-refractivity contribution in [3.8, 4) is 0 Å². The number of oxazole rings is 1. The second-order valence-corrected chi connectivity index (χ2v) is 6.41. The first-order valence-corrected chi connectivity index (χ1v) is 8.87. The molecule has 1 saturated heterocycles. The maximum Gasteiger partial charge on any atom is 0.298 e. The minimum Gasteiger partial charge on any atom is -0.423 e. The molecule has 4 heterocycles. The molecule has 4 aromatic rings. The Morgan fingerprint density at radius 1 is 1.08 bits per heavy atom. The van der Waals surface area contributed by atoms with Crippen molar-refractivity contribution in [1.29, 1.82) is 0 Å². The molecule has 1 aliphatic heterocycles. The molecular weight excluding hydrogens is 330 g/mol. The van der Waals surface area contributed by atoms with Crippen LogP contribution in [0.25, 0.3) is 16.7 Å². The molecule has 5 rings (SSSR count). The summed E-state index contributed by atoms with van der Waals surface area (Å²) in [7, 11) is 0. The highest BCUT2D eigenvalue weighted by Gasteiger charge is 2.23. The predicted molar refractivity (Wildman–Crippen MR) is 98.6 cm³/mol. The van der Waals surface area contributed by atoms with Gasteiger partial charge in [0.1, 0.15) is 11.8 Å². The number of hydrogen-bond donors (Lipinski definition) is 0. The largest absolute Gasteiger partial charge is 0.423 e. The van der Waals surface area contributed by atoms with Crippen molar-refractivity contribution >= 4 is 28.4 Å². The van der Waals surface area contributed by atoms with E-state index >= 15 is 0 Å². The van der Waals surface area contributed by atoms with E-state index in [1.165, 1.54) is 0 Å². The van der Waals surface area contributed by atoms with Crippen LogP contribution >= 0.6 is 0 Å². The lowest BCUT2D eigenvalue weighted by atomic mass is 10.2. The number of rotatable bonds is 3. The van der Waals surface area contributed by atoms with Gasteiger partial charge in [0, 0.05) is 26.2 Å². The zero-order chi connectivity index (χ0) is 17.5. The molecule has 0 aliphatic carbocycles. The maximum atomic E-state index is 5.90. The molecule has 0 unspecified atom stereocenters. The van der Waals surface area contributed by atoms with E-state index in [9.17, 15) is 0 Å². The van der Waals surface area contributed by atoms with E-state index in [1.807, 2.05) is 24.3 Å². The van der Waals surface area contributed by atoms with Gasteiger partial charge in [0.05, 0.1) is 11.4 Å². The average molecular weight is 349 g/mol. The fourth-order valence-corrected chi connectivity index (χ4v) is 3.40. The van der Waals surface area contributed by atoms with Crippen LogP contribution in [0.1, 0.15) is 12.6 Å². The lowest BCUT2D eigenvalue weighted by molar-refractivity contribution is 0.542. The molecule has 0 N–H and O–H groups in total. The zero-order valence-electron chi connectivity index (χ0n) is 14.5. The first-order valence-electron chi connectivity index (χ1n) is 8.87. The lowest BCUT2D eigenvalue weighted by Gasteiger charge is -2.35. The summed E-state index contributed by atoms with van der Waals surface area (Å²) in [5, 5.41) is 12.8. The third-order valence-electron chi connectivity index (χ3n) is 4.83. The molecule has 3 aromatic heterocycles. The Morgan fingerprint density at radius 2 is 1.88 bits per heavy atom. The van der Waals surface area contributed by atoms with Crippen molar-refractivity contribution in [3.05, 3.63) is 42.4 Å². The van der Waals surface area contributed by atoms with Crippen LogP contribution in [0.4, 0.5) is 11.7 Å². The SMILES string of the molecule is CCc1cc(N2CCN(c3nc4ccccc4o3)CC2)c2nncn2n1. The molecule has 0 radical (unpaired) electrons. The topological polar surface area (TPSA) is 75.6 Å². The first kappa shape index (κ1) is 15.1. The van der Waals surface area contributed by atoms with Crippen molar-refractivity contribution in [1.82, 2.24) is 24.8 Å². The molecule has 0 amide bonds. The van der Waals surface area contributed by atoms with Crippen LogP contribution in [0.5, 0.6) is 0 Å². The second kappa shape index (κ2) is 5.98. The number of piperazine rings is 1. The van der Waals surface area contributed by atoms with E-state index < -0.39 is 0 Å². The summed E-state index contributed by atoms with van der Waals surface area (Å²) in [6.45, 7) is 5.53. The van der Waals surface area contributed by atoms with Crippen LogP contribution in [0.2, 0.25) is 0 Å². The summed E-state index contributed by atoms with van der Waals surface area (Å²) >= 11 is 0. The quantitative estimate of drug-likeness (QED) is 0.561. The number of aryl methyl sites for hydroxylation is 1. The smallest absolute Gasteiger partial charge is 0.298 e. The van der Waals surface area contributed by atoms with E-state index in [2.05, 4.69) is 43.1 Å². The Balaban J connectivity index is 1.39. The Morgan fingerprint density at radius 3 is 2.69 bits per heavy atom. The Hall–Kier alpha value is -3.16. The van der Waals surface area contributed by atoms with Gasteiger partial charge in [0.25, 0.3) is 6.01 Å². The number of benzene rings is 1. The highest BCUT2D eigenvalue weighted by Crippen LogP contribution is 2.26. The normalized spacial score (nSPS) is 15.3. The second-order valence-electron chi connectivity index (χ2n) is 6.41. The Labute approximate surface area is 150 Å². The van der Waals surface area contributed by atoms with Gasteiger partial charge in [-0.15, -0.1) is 10.2 Å². The number of para-hydroxylation sites is 2. The number of hydrogen-bond acceptors (Lipinski definition) is 7. The summed E-state index contributed by atoms with van der Waals surface area (Å²) in [6.07, 6.45) is 2.54. The molecular formula is C18H19N7O. The summed E-state index contributed by atoms with van der Waals surface area (Å²) in [4.78, 5) is 9.14. The van der Waals surface area contributed by atoms with Gasteiger partial charge >= 0.3 is 0 Å². The van der Waals surface area contributed by atoms with E-state index in [0.29, 0.717) is 6.01 Å². The van der Waals surface area contributed by atoms with Gasteiger partial charge in [-0.2, -0.15) is 14.6 Å². The van der Waals surface area contributed by atoms with E-state index in [4.69, 9.17) is 4.42 Å². The molecule has 1 aromatic carbocycles. The van der Waals surface area contributed by atoms with Gasteiger partial charge in [-0.3, -0.25) is 0 Å². The Bertz CT molecular complexity index is 1030. The lowest BCUT2D eigenvalue weighted by Crippen LogP contribution is -2.46. The molecule has 0 saturated carbocycles. The third-order valence-corrected chi connectivity index (χ3v) is 4.83. The van der Waals surface area contributed by atoms with Gasteiger partial charge in [-0.1, -0.05) is 19.1 Å². The van der Waals surface area contributed by atoms with Crippen molar-refractivity contribution < 1.29 is 4.42 Å². The summed E-state index contributed by atoms with van der Waals surface area (Å²) in [5.74, 6) is 0. The molecule has 1 aliphatic rings. The molecule has 0 spiro atoms. The van der Waals surface area contributed by atoms with Crippen LogP contribution in [0.15, 0.2) is 41.1 Å². The van der Waals surface area contributed by atoms with Crippen LogP contribution < -0.4 is 9.80 Å². The number of nitrogens with zero attached hydrogens (tertiary/aromatic N) is 7. The van der Waals surface area contributed by atoms with Gasteiger partial charge in [-0.25, -0.2) is 0 Å². The number of aromatic nitrogens is 5. The standard InChI is InChI=1S/C18H19N7O/c1-2-13-11-15(17-21-19-12-25(17)22-13)23-7-9-24(10-8-23)18-20-14-5-3-4-6-16(14)26-18/h3-6,11-12H,2,7-10H2,1H3. The fourth-order valence-electron chi connectivity index (χ4n) is 3.40. The predicted octanol–water partition coefficient (Wildman–Crippen LogP) is 2.15. The monoisotopic (exact) mass is 349 g/mol.